The number of hydrogen-bond acceptors (Lipinski definition) is 5. The summed E-state index contributed by atoms with van der Waals surface area (Å²) in [7, 11) is 0. The zero-order chi connectivity index (χ0) is 12.8. The molecule has 3 nitrogen and oxygen atoms in total. The van der Waals surface area contributed by atoms with Gasteiger partial charge in [0.25, 0.3) is 0 Å². The van der Waals surface area contributed by atoms with Gasteiger partial charge in [0.1, 0.15) is 9.71 Å². The third-order valence-electron chi connectivity index (χ3n) is 2.91. The zero-order valence-corrected chi connectivity index (χ0v) is 11.3. The molecule has 0 aliphatic carbocycles. The van der Waals surface area contributed by atoms with Crippen LogP contribution in [0.1, 0.15) is 0 Å². The molecule has 0 spiro atoms. The van der Waals surface area contributed by atoms with Crippen molar-refractivity contribution in [1.29, 1.82) is 0 Å². The van der Waals surface area contributed by atoms with E-state index >= 15 is 0 Å². The highest BCUT2D eigenvalue weighted by molar-refractivity contribution is 7.25. The van der Waals surface area contributed by atoms with Gasteiger partial charge in [-0.1, -0.05) is 24.3 Å². The van der Waals surface area contributed by atoms with Crippen LogP contribution in [0.15, 0.2) is 51.0 Å². The fourth-order valence-corrected chi connectivity index (χ4v) is 3.88. The van der Waals surface area contributed by atoms with Gasteiger partial charge in [0.05, 0.1) is 10.3 Å². The molecule has 1 aromatic carbocycles. The summed E-state index contributed by atoms with van der Waals surface area (Å²) in [6.07, 6.45) is 0. The molecule has 3 heterocycles. The predicted octanol–water partition coefficient (Wildman–Crippen LogP) is 4.13. The van der Waals surface area contributed by atoms with Gasteiger partial charge in [-0.15, -0.1) is 22.7 Å². The summed E-state index contributed by atoms with van der Waals surface area (Å²) in [5.74, 6) is 0. The second-order valence-electron chi connectivity index (χ2n) is 4.07. The average molecular weight is 285 g/mol. The van der Waals surface area contributed by atoms with Crippen LogP contribution in [0.25, 0.3) is 31.1 Å². The smallest absolute Gasteiger partial charge is 0.345 e. The molecule has 0 aliphatic heterocycles. The fourth-order valence-electron chi connectivity index (χ4n) is 2.05. The van der Waals surface area contributed by atoms with Crippen molar-refractivity contribution in [3.05, 3.63) is 52.2 Å². The highest BCUT2D eigenvalue weighted by Crippen LogP contribution is 2.35. The second kappa shape index (κ2) is 4.01. The molecule has 0 radical (unpaired) electrons. The molecule has 4 aromatic rings. The number of aromatic nitrogens is 1. The molecule has 5 heteroatoms. The van der Waals surface area contributed by atoms with Gasteiger partial charge in [-0.05, 0) is 17.5 Å². The molecule has 0 atom stereocenters. The van der Waals surface area contributed by atoms with E-state index in [0.29, 0.717) is 11.1 Å². The summed E-state index contributed by atoms with van der Waals surface area (Å²) in [6.45, 7) is 0. The summed E-state index contributed by atoms with van der Waals surface area (Å²) >= 11 is 3.19. The first-order chi connectivity index (χ1) is 9.33. The van der Waals surface area contributed by atoms with Crippen molar-refractivity contribution in [3.8, 4) is 9.88 Å². The highest BCUT2D eigenvalue weighted by Gasteiger charge is 2.13. The lowest BCUT2D eigenvalue weighted by Crippen LogP contribution is -1.98. The summed E-state index contributed by atoms with van der Waals surface area (Å²) in [6, 6.07) is 11.5. The lowest BCUT2D eigenvalue weighted by molar-refractivity contribution is 0.560. The van der Waals surface area contributed by atoms with Crippen LogP contribution < -0.4 is 5.63 Å². The molecular formula is C14H7NO2S2. The standard InChI is InChI=1S/C14H7NO2S2/c16-14-9-5-2-1-4-8(9)11-12(17-14)15-13(19-11)10-6-3-7-18-10/h1-7H. The first-order valence-corrected chi connectivity index (χ1v) is 7.39. The van der Waals surface area contributed by atoms with Crippen LogP contribution in [0, 0.1) is 0 Å². The highest BCUT2D eigenvalue weighted by atomic mass is 32.1. The molecular weight excluding hydrogens is 278 g/mol. The SMILES string of the molecule is O=c1oc2nc(-c3cccs3)sc2c2ccccc12. The minimum absolute atomic E-state index is 0.328. The van der Waals surface area contributed by atoms with Crippen molar-refractivity contribution in [2.24, 2.45) is 0 Å². The lowest BCUT2D eigenvalue weighted by Gasteiger charge is -1.94. The molecule has 0 N–H and O–H groups in total. The van der Waals surface area contributed by atoms with E-state index < -0.39 is 0 Å². The molecule has 4 rings (SSSR count). The Hall–Kier alpha value is -1.98. The number of fused-ring (bicyclic) bond motifs is 3. The number of benzene rings is 1. The Morgan fingerprint density at radius 2 is 1.89 bits per heavy atom. The maximum atomic E-state index is 11.9. The number of nitrogens with zero attached hydrogens (tertiary/aromatic N) is 1. The van der Waals surface area contributed by atoms with Crippen molar-refractivity contribution in [2.75, 3.05) is 0 Å². The van der Waals surface area contributed by atoms with Gasteiger partial charge in [0, 0.05) is 5.39 Å². The van der Waals surface area contributed by atoms with Crippen LogP contribution in [0.3, 0.4) is 0 Å². The third kappa shape index (κ3) is 1.63. The quantitative estimate of drug-likeness (QED) is 0.528. The van der Waals surface area contributed by atoms with Gasteiger partial charge >= 0.3 is 5.63 Å². The summed E-state index contributed by atoms with van der Waals surface area (Å²) in [4.78, 5) is 17.4. The third-order valence-corrected chi connectivity index (χ3v) is 5.02. The van der Waals surface area contributed by atoms with Gasteiger partial charge in [0.2, 0.25) is 5.71 Å². The van der Waals surface area contributed by atoms with Gasteiger partial charge < -0.3 is 4.42 Å². The molecule has 3 aromatic heterocycles. The molecule has 92 valence electrons. The lowest BCUT2D eigenvalue weighted by atomic mass is 10.2. The summed E-state index contributed by atoms with van der Waals surface area (Å²) in [5, 5.41) is 4.42. The molecule has 0 saturated heterocycles. The van der Waals surface area contributed by atoms with Crippen LogP contribution in [0.4, 0.5) is 0 Å². The Bertz CT molecular complexity index is 935. The van der Waals surface area contributed by atoms with E-state index in [2.05, 4.69) is 4.98 Å². The van der Waals surface area contributed by atoms with Crippen molar-refractivity contribution in [3.63, 3.8) is 0 Å². The van der Waals surface area contributed by atoms with E-state index in [4.69, 9.17) is 4.42 Å². The van der Waals surface area contributed by atoms with Crippen LogP contribution in [0.2, 0.25) is 0 Å². The average Bonchev–Trinajstić information content (AvgIpc) is 3.07. The monoisotopic (exact) mass is 285 g/mol. The van der Waals surface area contributed by atoms with E-state index in [0.717, 1.165) is 20.0 Å². The van der Waals surface area contributed by atoms with Gasteiger partial charge in [-0.3, -0.25) is 0 Å². The Morgan fingerprint density at radius 3 is 2.68 bits per heavy atom. The summed E-state index contributed by atoms with van der Waals surface area (Å²) < 4.78 is 6.23. The van der Waals surface area contributed by atoms with Gasteiger partial charge in [-0.25, -0.2) is 4.79 Å². The summed E-state index contributed by atoms with van der Waals surface area (Å²) in [5.41, 5.74) is 0.100. The normalized spacial score (nSPS) is 11.4. The van der Waals surface area contributed by atoms with E-state index in [1.165, 1.54) is 0 Å². The molecule has 0 saturated carbocycles. The topological polar surface area (TPSA) is 43.1 Å². The maximum Gasteiger partial charge on any atom is 0.345 e. The Kier molecular flexibility index (Phi) is 2.30. The van der Waals surface area contributed by atoms with Crippen LogP contribution in [-0.4, -0.2) is 4.98 Å². The number of thiophene rings is 1. The Balaban J connectivity index is 2.14. The van der Waals surface area contributed by atoms with E-state index in [1.807, 2.05) is 35.7 Å². The van der Waals surface area contributed by atoms with Crippen molar-refractivity contribution in [1.82, 2.24) is 4.98 Å². The van der Waals surface area contributed by atoms with E-state index in [9.17, 15) is 4.79 Å². The molecule has 0 fully saturated rings. The minimum atomic E-state index is -0.328. The number of hydrogen-bond donors (Lipinski definition) is 0. The zero-order valence-electron chi connectivity index (χ0n) is 9.62. The van der Waals surface area contributed by atoms with E-state index in [1.54, 1.807) is 28.7 Å². The van der Waals surface area contributed by atoms with E-state index in [-0.39, 0.29) is 5.63 Å². The first-order valence-electron chi connectivity index (χ1n) is 5.69. The minimum Gasteiger partial charge on any atom is -0.402 e. The molecule has 19 heavy (non-hydrogen) atoms. The van der Waals surface area contributed by atoms with Crippen molar-refractivity contribution >= 4 is 43.9 Å². The largest absolute Gasteiger partial charge is 0.402 e. The Morgan fingerprint density at radius 1 is 1.05 bits per heavy atom. The molecule has 0 unspecified atom stereocenters. The first kappa shape index (κ1) is 10.9. The van der Waals surface area contributed by atoms with Gasteiger partial charge in [0.15, 0.2) is 0 Å². The molecule has 0 bridgehead atoms. The van der Waals surface area contributed by atoms with Crippen molar-refractivity contribution < 1.29 is 4.42 Å². The number of thiazole rings is 1. The maximum absolute atomic E-state index is 11.9. The van der Waals surface area contributed by atoms with Crippen LogP contribution in [-0.2, 0) is 0 Å². The predicted molar refractivity (Wildman–Crippen MR) is 79.0 cm³/mol. The van der Waals surface area contributed by atoms with Crippen LogP contribution in [0.5, 0.6) is 0 Å². The van der Waals surface area contributed by atoms with Gasteiger partial charge in [-0.2, -0.15) is 4.98 Å². The molecule has 0 aliphatic rings. The Labute approximate surface area is 115 Å². The second-order valence-corrected chi connectivity index (χ2v) is 6.01. The fraction of sp³-hybridized carbons (Fsp3) is 0. The molecule has 0 amide bonds. The number of rotatable bonds is 1. The van der Waals surface area contributed by atoms with Crippen molar-refractivity contribution in [2.45, 2.75) is 0 Å². The van der Waals surface area contributed by atoms with Crippen LogP contribution >= 0.6 is 22.7 Å².